The van der Waals surface area contributed by atoms with Crippen LogP contribution in [0.4, 0.5) is 4.39 Å². The first-order valence-electron chi connectivity index (χ1n) is 6.11. The van der Waals surface area contributed by atoms with Gasteiger partial charge in [0.1, 0.15) is 0 Å². The first-order chi connectivity index (χ1) is 9.74. The number of hydrogen-bond acceptors (Lipinski definition) is 3. The summed E-state index contributed by atoms with van der Waals surface area (Å²) < 4.78 is 13.1. The molecule has 1 heterocycles. The minimum Gasteiger partial charge on any atom is -0.505 e. The van der Waals surface area contributed by atoms with Crippen molar-refractivity contribution in [1.29, 1.82) is 0 Å². The Hall–Kier alpha value is -2.75. The minimum absolute atomic E-state index is 0.374. The van der Waals surface area contributed by atoms with Gasteiger partial charge in [0.05, 0.1) is 11.9 Å². The average Bonchev–Trinajstić information content (AvgIpc) is 2.51. The molecule has 3 aromatic rings. The van der Waals surface area contributed by atoms with Crippen LogP contribution in [0.3, 0.4) is 0 Å². The molecule has 2 aromatic carbocycles. The largest absolute Gasteiger partial charge is 0.505 e. The molecule has 0 saturated carbocycles. The third kappa shape index (κ3) is 2.36. The van der Waals surface area contributed by atoms with Gasteiger partial charge >= 0.3 is 0 Å². The highest BCUT2D eigenvalue weighted by Crippen LogP contribution is 2.27. The highest BCUT2D eigenvalue weighted by Gasteiger charge is 2.06. The molecule has 0 atom stereocenters. The normalized spacial score (nSPS) is 10.4. The molecule has 3 nitrogen and oxygen atoms in total. The highest BCUT2D eigenvalue weighted by molar-refractivity contribution is 5.70. The summed E-state index contributed by atoms with van der Waals surface area (Å²) >= 11 is 0. The molecule has 0 bridgehead atoms. The van der Waals surface area contributed by atoms with Gasteiger partial charge in [-0.15, -0.1) is 0 Å². The first-order valence-corrected chi connectivity index (χ1v) is 6.11. The molecule has 0 unspecified atom stereocenters. The summed E-state index contributed by atoms with van der Waals surface area (Å²) in [5, 5.41) is 17.5. The van der Waals surface area contributed by atoms with Gasteiger partial charge in [0.25, 0.3) is 0 Å². The Morgan fingerprint density at radius 3 is 2.40 bits per heavy atom. The summed E-state index contributed by atoms with van der Waals surface area (Å²) in [5.74, 6) is -1.01. The van der Waals surface area contributed by atoms with E-state index >= 15 is 0 Å². The summed E-state index contributed by atoms with van der Waals surface area (Å²) in [6, 6.07) is 15.7. The fourth-order valence-electron chi connectivity index (χ4n) is 1.97. The fraction of sp³-hybridized carbons (Fsp3) is 0. The Morgan fingerprint density at radius 2 is 1.65 bits per heavy atom. The molecule has 0 aliphatic rings. The van der Waals surface area contributed by atoms with Crippen LogP contribution in [0.5, 0.6) is 5.75 Å². The standard InChI is InChI=1S/C16H11FN2O/c17-14-7-6-12(9-16(14)20)13-8-15(19-18-10-13)11-4-2-1-3-5-11/h1-10,20H. The third-order valence-electron chi connectivity index (χ3n) is 3.00. The van der Waals surface area contributed by atoms with Crippen LogP contribution in [0, 0.1) is 5.82 Å². The van der Waals surface area contributed by atoms with Crippen LogP contribution in [0.1, 0.15) is 0 Å². The number of halogens is 1. The van der Waals surface area contributed by atoms with E-state index < -0.39 is 5.82 Å². The van der Waals surface area contributed by atoms with E-state index in [1.54, 1.807) is 12.3 Å². The molecular weight excluding hydrogens is 255 g/mol. The fourth-order valence-corrected chi connectivity index (χ4v) is 1.97. The Kier molecular flexibility index (Phi) is 3.13. The second-order valence-corrected chi connectivity index (χ2v) is 4.36. The molecule has 3 rings (SSSR count). The van der Waals surface area contributed by atoms with E-state index in [-0.39, 0.29) is 5.75 Å². The molecule has 0 aliphatic carbocycles. The van der Waals surface area contributed by atoms with E-state index in [1.807, 2.05) is 36.4 Å². The van der Waals surface area contributed by atoms with Gasteiger partial charge in [-0.2, -0.15) is 10.2 Å². The SMILES string of the molecule is Oc1cc(-c2cnnc(-c3ccccc3)c2)ccc1F. The van der Waals surface area contributed by atoms with E-state index in [4.69, 9.17) is 0 Å². The predicted molar refractivity (Wildman–Crippen MR) is 74.5 cm³/mol. The molecule has 1 N–H and O–H groups in total. The van der Waals surface area contributed by atoms with Gasteiger partial charge in [-0.3, -0.25) is 0 Å². The minimum atomic E-state index is -0.640. The van der Waals surface area contributed by atoms with Crippen LogP contribution in [-0.4, -0.2) is 15.3 Å². The van der Waals surface area contributed by atoms with E-state index in [0.717, 1.165) is 16.8 Å². The van der Waals surface area contributed by atoms with Crippen molar-refractivity contribution >= 4 is 0 Å². The number of aromatic hydroxyl groups is 1. The molecular formula is C16H11FN2O. The zero-order valence-corrected chi connectivity index (χ0v) is 10.5. The van der Waals surface area contributed by atoms with Gasteiger partial charge < -0.3 is 5.11 Å². The lowest BCUT2D eigenvalue weighted by atomic mass is 10.0. The summed E-state index contributed by atoms with van der Waals surface area (Å²) in [6.45, 7) is 0. The van der Waals surface area contributed by atoms with E-state index in [9.17, 15) is 9.50 Å². The quantitative estimate of drug-likeness (QED) is 0.770. The molecule has 0 fully saturated rings. The lowest BCUT2D eigenvalue weighted by Gasteiger charge is -2.05. The van der Waals surface area contributed by atoms with Gasteiger partial charge in [0, 0.05) is 11.1 Å². The molecule has 0 radical (unpaired) electrons. The number of rotatable bonds is 2. The van der Waals surface area contributed by atoms with Crippen molar-refractivity contribution < 1.29 is 9.50 Å². The lowest BCUT2D eigenvalue weighted by Crippen LogP contribution is -1.89. The number of nitrogens with zero attached hydrogens (tertiary/aromatic N) is 2. The van der Waals surface area contributed by atoms with Crippen molar-refractivity contribution in [2.45, 2.75) is 0 Å². The van der Waals surface area contributed by atoms with Crippen molar-refractivity contribution in [2.24, 2.45) is 0 Å². The smallest absolute Gasteiger partial charge is 0.164 e. The molecule has 20 heavy (non-hydrogen) atoms. The van der Waals surface area contributed by atoms with Crippen LogP contribution in [0.15, 0.2) is 60.8 Å². The average molecular weight is 266 g/mol. The van der Waals surface area contributed by atoms with Crippen molar-refractivity contribution in [1.82, 2.24) is 10.2 Å². The molecule has 4 heteroatoms. The molecule has 0 aliphatic heterocycles. The maximum absolute atomic E-state index is 13.1. The topological polar surface area (TPSA) is 46.0 Å². The van der Waals surface area contributed by atoms with Crippen molar-refractivity contribution in [3.8, 4) is 28.1 Å². The van der Waals surface area contributed by atoms with Gasteiger partial charge in [-0.05, 0) is 23.8 Å². The van der Waals surface area contributed by atoms with E-state index in [1.165, 1.54) is 12.1 Å². The van der Waals surface area contributed by atoms with Gasteiger partial charge in [0.2, 0.25) is 0 Å². The van der Waals surface area contributed by atoms with Crippen LogP contribution in [0.25, 0.3) is 22.4 Å². The molecule has 0 spiro atoms. The highest BCUT2D eigenvalue weighted by atomic mass is 19.1. The monoisotopic (exact) mass is 266 g/mol. The number of phenolic OH excluding ortho intramolecular Hbond substituents is 1. The second-order valence-electron chi connectivity index (χ2n) is 4.36. The Labute approximate surface area is 115 Å². The Morgan fingerprint density at radius 1 is 0.850 bits per heavy atom. The Balaban J connectivity index is 2.05. The first kappa shape index (κ1) is 12.3. The summed E-state index contributed by atoms with van der Waals surface area (Å²) in [6.07, 6.45) is 1.58. The van der Waals surface area contributed by atoms with Gasteiger partial charge in [0.15, 0.2) is 11.6 Å². The van der Waals surface area contributed by atoms with Crippen molar-refractivity contribution in [3.63, 3.8) is 0 Å². The van der Waals surface area contributed by atoms with Crippen molar-refractivity contribution in [2.75, 3.05) is 0 Å². The number of benzene rings is 2. The number of aromatic nitrogens is 2. The maximum Gasteiger partial charge on any atom is 0.164 e. The number of phenols is 1. The summed E-state index contributed by atoms with van der Waals surface area (Å²) in [7, 11) is 0. The van der Waals surface area contributed by atoms with Crippen LogP contribution < -0.4 is 0 Å². The van der Waals surface area contributed by atoms with E-state index in [2.05, 4.69) is 10.2 Å². The zero-order chi connectivity index (χ0) is 13.9. The van der Waals surface area contributed by atoms with Gasteiger partial charge in [-0.1, -0.05) is 36.4 Å². The number of hydrogen-bond donors (Lipinski definition) is 1. The third-order valence-corrected chi connectivity index (χ3v) is 3.00. The zero-order valence-electron chi connectivity index (χ0n) is 10.5. The molecule has 98 valence electrons. The van der Waals surface area contributed by atoms with Crippen LogP contribution in [0.2, 0.25) is 0 Å². The second kappa shape index (κ2) is 5.09. The summed E-state index contributed by atoms with van der Waals surface area (Å²) in [5.41, 5.74) is 3.14. The molecule has 1 aromatic heterocycles. The van der Waals surface area contributed by atoms with Crippen molar-refractivity contribution in [3.05, 3.63) is 66.6 Å². The van der Waals surface area contributed by atoms with E-state index in [0.29, 0.717) is 5.56 Å². The predicted octanol–water partition coefficient (Wildman–Crippen LogP) is 3.66. The van der Waals surface area contributed by atoms with Crippen LogP contribution >= 0.6 is 0 Å². The Bertz CT molecular complexity index is 744. The molecule has 0 amide bonds. The summed E-state index contributed by atoms with van der Waals surface area (Å²) in [4.78, 5) is 0. The maximum atomic E-state index is 13.1. The molecule has 0 saturated heterocycles. The van der Waals surface area contributed by atoms with Crippen LogP contribution in [-0.2, 0) is 0 Å². The van der Waals surface area contributed by atoms with Gasteiger partial charge in [-0.25, -0.2) is 4.39 Å². The lowest BCUT2D eigenvalue weighted by molar-refractivity contribution is 0.433.